The summed E-state index contributed by atoms with van der Waals surface area (Å²) in [4.78, 5) is 23.7. The number of urea groups is 1. The lowest BCUT2D eigenvalue weighted by Gasteiger charge is -2.20. The van der Waals surface area contributed by atoms with E-state index in [1.165, 1.54) is 5.56 Å². The number of carbonyl (C=O) groups excluding carboxylic acids is 2. The van der Waals surface area contributed by atoms with E-state index in [9.17, 15) is 9.59 Å². The molecule has 0 aliphatic carbocycles. The molecule has 0 radical (unpaired) electrons. The van der Waals surface area contributed by atoms with Crippen LogP contribution in [-0.4, -0.2) is 25.1 Å². The van der Waals surface area contributed by atoms with Gasteiger partial charge in [0.2, 0.25) is 0 Å². The maximum atomic E-state index is 11.9. The molecule has 3 amide bonds. The highest BCUT2D eigenvalue weighted by Gasteiger charge is 2.15. The van der Waals surface area contributed by atoms with Gasteiger partial charge in [-0.05, 0) is 69.7 Å². The molecule has 2 aromatic rings. The van der Waals surface area contributed by atoms with Crippen molar-refractivity contribution in [2.24, 2.45) is 0 Å². The van der Waals surface area contributed by atoms with E-state index in [1.807, 2.05) is 6.07 Å². The third-order valence-corrected chi connectivity index (χ3v) is 4.68. The molecule has 0 unspecified atom stereocenters. The first kappa shape index (κ1) is 21.8. The zero-order valence-corrected chi connectivity index (χ0v) is 17.9. The van der Waals surface area contributed by atoms with Crippen LogP contribution in [0.2, 0.25) is 0 Å². The van der Waals surface area contributed by atoms with Crippen LogP contribution in [0.3, 0.4) is 0 Å². The van der Waals surface area contributed by atoms with E-state index in [-0.39, 0.29) is 5.41 Å². The molecule has 7 heteroatoms. The van der Waals surface area contributed by atoms with E-state index in [0.29, 0.717) is 30.8 Å². The Morgan fingerprint density at radius 3 is 2.39 bits per heavy atom. The Kier molecular flexibility index (Phi) is 7.45. The molecular weight excluding hydrogens is 422 g/mol. The number of carbonyl (C=O) groups is 2. The Hall–Kier alpha value is -2.54. The maximum absolute atomic E-state index is 11.9. The molecule has 0 aliphatic heterocycles. The Morgan fingerprint density at radius 1 is 1.11 bits per heavy atom. The highest BCUT2D eigenvalue weighted by molar-refractivity contribution is 9.10. The molecule has 2 rings (SSSR count). The number of halogens is 1. The fourth-order valence-electron chi connectivity index (χ4n) is 2.39. The van der Waals surface area contributed by atoms with E-state index in [4.69, 9.17) is 10.5 Å². The highest BCUT2D eigenvalue weighted by atomic mass is 79.9. The van der Waals surface area contributed by atoms with Crippen molar-refractivity contribution in [2.45, 2.75) is 32.6 Å². The number of benzene rings is 2. The van der Waals surface area contributed by atoms with Gasteiger partial charge in [0.25, 0.3) is 5.91 Å². The molecule has 150 valence electrons. The smallest absolute Gasteiger partial charge is 0.321 e. The van der Waals surface area contributed by atoms with Crippen molar-refractivity contribution in [2.75, 3.05) is 18.9 Å². The molecular formula is C21H26BrN3O3. The largest absolute Gasteiger partial charge is 0.492 e. The second kappa shape index (κ2) is 9.59. The van der Waals surface area contributed by atoms with Gasteiger partial charge in [-0.15, -0.1) is 0 Å². The summed E-state index contributed by atoms with van der Waals surface area (Å²) in [5, 5.41) is 4.91. The van der Waals surface area contributed by atoms with Crippen molar-refractivity contribution in [3.8, 4) is 5.75 Å². The van der Waals surface area contributed by atoms with Crippen LogP contribution < -0.4 is 21.1 Å². The number of nitrogen functional groups attached to an aromatic ring is 1. The van der Waals surface area contributed by atoms with E-state index < -0.39 is 11.9 Å². The first-order valence-corrected chi connectivity index (χ1v) is 9.83. The SMILES string of the molecule is CC(C)(C)c1ccc(OCCCNC(=O)NC(=O)c2ccc(N)cc2)c(Br)c1. The average molecular weight is 448 g/mol. The van der Waals surface area contributed by atoms with E-state index in [0.717, 1.165) is 10.2 Å². The fourth-order valence-corrected chi connectivity index (χ4v) is 2.89. The Bertz CT molecular complexity index is 830. The van der Waals surface area contributed by atoms with Crippen molar-refractivity contribution >= 4 is 33.6 Å². The highest BCUT2D eigenvalue weighted by Crippen LogP contribution is 2.31. The Morgan fingerprint density at radius 2 is 1.79 bits per heavy atom. The van der Waals surface area contributed by atoms with E-state index in [2.05, 4.69) is 59.5 Å². The van der Waals surface area contributed by atoms with Crippen molar-refractivity contribution in [1.29, 1.82) is 0 Å². The van der Waals surface area contributed by atoms with Crippen molar-refractivity contribution in [3.63, 3.8) is 0 Å². The molecule has 0 aromatic heterocycles. The summed E-state index contributed by atoms with van der Waals surface area (Å²) >= 11 is 3.54. The minimum atomic E-state index is -0.544. The number of imide groups is 1. The third kappa shape index (κ3) is 6.56. The van der Waals surface area contributed by atoms with Crippen molar-refractivity contribution in [1.82, 2.24) is 10.6 Å². The normalized spacial score (nSPS) is 11.0. The van der Waals surface area contributed by atoms with Crippen LogP contribution in [0, 0.1) is 0 Å². The molecule has 6 nitrogen and oxygen atoms in total. The third-order valence-electron chi connectivity index (χ3n) is 4.06. The second-order valence-electron chi connectivity index (χ2n) is 7.43. The van der Waals surface area contributed by atoms with Gasteiger partial charge in [0.05, 0.1) is 11.1 Å². The number of hydrogen-bond donors (Lipinski definition) is 3. The summed E-state index contributed by atoms with van der Waals surface area (Å²) in [5.74, 6) is 0.285. The first-order valence-electron chi connectivity index (χ1n) is 9.04. The maximum Gasteiger partial charge on any atom is 0.321 e. The summed E-state index contributed by atoms with van der Waals surface area (Å²) < 4.78 is 6.65. The van der Waals surface area contributed by atoms with Crippen LogP contribution in [0.4, 0.5) is 10.5 Å². The number of nitrogens with two attached hydrogens (primary N) is 1. The lowest BCUT2D eigenvalue weighted by atomic mass is 9.87. The van der Waals surface area contributed by atoms with Crippen LogP contribution >= 0.6 is 15.9 Å². The molecule has 0 bridgehead atoms. The van der Waals surface area contributed by atoms with Crippen molar-refractivity contribution < 1.29 is 14.3 Å². The summed E-state index contributed by atoms with van der Waals surface area (Å²) in [5.41, 5.74) is 7.79. The molecule has 28 heavy (non-hydrogen) atoms. The molecule has 0 heterocycles. The lowest BCUT2D eigenvalue weighted by molar-refractivity contribution is 0.0964. The number of rotatable bonds is 6. The van der Waals surface area contributed by atoms with E-state index >= 15 is 0 Å². The summed E-state index contributed by atoms with van der Waals surface area (Å²) in [6.07, 6.45) is 0.608. The molecule has 0 saturated heterocycles. The van der Waals surface area contributed by atoms with E-state index in [1.54, 1.807) is 24.3 Å². The topological polar surface area (TPSA) is 93.5 Å². The van der Waals surface area contributed by atoms with Gasteiger partial charge in [-0.1, -0.05) is 26.8 Å². The Balaban J connectivity index is 1.70. The number of anilines is 1. The lowest BCUT2D eigenvalue weighted by Crippen LogP contribution is -2.40. The Labute approximate surface area is 174 Å². The monoisotopic (exact) mass is 447 g/mol. The number of ether oxygens (including phenoxy) is 1. The van der Waals surface area contributed by atoms with Gasteiger partial charge < -0.3 is 15.8 Å². The zero-order valence-electron chi connectivity index (χ0n) is 16.3. The van der Waals surface area contributed by atoms with Crippen LogP contribution in [-0.2, 0) is 5.41 Å². The van der Waals surface area contributed by atoms with Gasteiger partial charge in [-0.2, -0.15) is 0 Å². The molecule has 0 atom stereocenters. The number of nitrogens with one attached hydrogen (secondary N) is 2. The van der Waals surface area contributed by atoms with Crippen LogP contribution in [0.5, 0.6) is 5.75 Å². The quantitative estimate of drug-likeness (QED) is 0.455. The predicted molar refractivity (Wildman–Crippen MR) is 115 cm³/mol. The summed E-state index contributed by atoms with van der Waals surface area (Å²) in [7, 11) is 0. The minimum Gasteiger partial charge on any atom is -0.492 e. The second-order valence-corrected chi connectivity index (χ2v) is 8.28. The summed E-state index contributed by atoms with van der Waals surface area (Å²) in [6, 6.07) is 11.8. The molecule has 0 aliphatic rings. The molecule has 0 fully saturated rings. The molecule has 2 aromatic carbocycles. The van der Waals surface area contributed by atoms with Crippen LogP contribution in [0.25, 0.3) is 0 Å². The molecule has 4 N–H and O–H groups in total. The van der Waals surface area contributed by atoms with Gasteiger partial charge in [0.1, 0.15) is 5.75 Å². The average Bonchev–Trinajstić information content (AvgIpc) is 2.62. The van der Waals surface area contributed by atoms with Gasteiger partial charge >= 0.3 is 6.03 Å². The number of hydrogen-bond acceptors (Lipinski definition) is 4. The van der Waals surface area contributed by atoms with Gasteiger partial charge in [0.15, 0.2) is 0 Å². The predicted octanol–water partition coefficient (Wildman–Crippen LogP) is 4.24. The van der Waals surface area contributed by atoms with Gasteiger partial charge in [-0.3, -0.25) is 10.1 Å². The van der Waals surface area contributed by atoms with Crippen molar-refractivity contribution in [3.05, 3.63) is 58.1 Å². The van der Waals surface area contributed by atoms with Gasteiger partial charge in [0, 0.05) is 17.8 Å². The van der Waals surface area contributed by atoms with Crippen LogP contribution in [0.1, 0.15) is 43.1 Å². The minimum absolute atomic E-state index is 0.0716. The summed E-state index contributed by atoms with van der Waals surface area (Å²) in [6.45, 7) is 7.30. The fraction of sp³-hybridized carbons (Fsp3) is 0.333. The molecule has 0 spiro atoms. The zero-order chi connectivity index (χ0) is 20.7. The number of amides is 3. The standard InChI is InChI=1S/C21H26BrN3O3/c1-21(2,3)15-7-10-18(17(22)13-15)28-12-4-11-24-20(27)25-19(26)14-5-8-16(23)9-6-14/h5-10,13H,4,11-12,23H2,1-3H3,(H2,24,25,26,27). The van der Waals surface area contributed by atoms with Crippen LogP contribution in [0.15, 0.2) is 46.9 Å². The van der Waals surface area contributed by atoms with Gasteiger partial charge in [-0.25, -0.2) is 4.79 Å². The first-order chi connectivity index (χ1) is 13.2. The molecule has 0 saturated carbocycles.